The molecule has 0 saturated carbocycles. The van der Waals surface area contributed by atoms with Crippen LogP contribution in [0.1, 0.15) is 31.3 Å². The van der Waals surface area contributed by atoms with Crippen LogP contribution in [-0.4, -0.2) is 44.4 Å². The summed E-state index contributed by atoms with van der Waals surface area (Å²) in [4.78, 5) is 34.6. The number of thioether (sulfide) groups is 1. The zero-order valence-electron chi connectivity index (χ0n) is 11.0. The van der Waals surface area contributed by atoms with Gasteiger partial charge in [-0.15, -0.1) is 0 Å². The summed E-state index contributed by atoms with van der Waals surface area (Å²) in [5.41, 5.74) is -1.49. The average Bonchev–Trinajstić information content (AvgIpc) is 2.82. The van der Waals surface area contributed by atoms with Gasteiger partial charge in [0.05, 0.1) is 14.2 Å². The molecule has 0 spiro atoms. The van der Waals surface area contributed by atoms with E-state index >= 15 is 0 Å². The molecule has 0 aliphatic heterocycles. The summed E-state index contributed by atoms with van der Waals surface area (Å²) in [5, 5.41) is -0.352. The summed E-state index contributed by atoms with van der Waals surface area (Å²) >= 11 is 0.735. The lowest BCUT2D eigenvalue weighted by atomic mass is 10.1. The number of halogens is 3. The van der Waals surface area contributed by atoms with Gasteiger partial charge >= 0.3 is 23.9 Å². The molecule has 10 heteroatoms. The van der Waals surface area contributed by atoms with Gasteiger partial charge in [-0.2, -0.15) is 13.2 Å². The molecule has 0 atom stereocenters. The second kappa shape index (κ2) is 6.20. The van der Waals surface area contributed by atoms with Crippen molar-refractivity contribution in [3.05, 3.63) is 16.9 Å². The number of rotatable bonds is 4. The Morgan fingerprint density at radius 1 is 1.05 bits per heavy atom. The molecule has 1 aromatic rings. The van der Waals surface area contributed by atoms with Crippen molar-refractivity contribution < 1.29 is 41.4 Å². The summed E-state index contributed by atoms with van der Waals surface area (Å²) in [7, 11) is 1.85. The molecule has 0 radical (unpaired) electrons. The number of ketones is 1. The number of carbonyl (C=O) groups is 3. The van der Waals surface area contributed by atoms with Gasteiger partial charge in [0, 0.05) is 0 Å². The first kappa shape index (κ1) is 17.1. The van der Waals surface area contributed by atoms with Crippen LogP contribution in [0, 0.1) is 0 Å². The number of Topliss-reactive ketones (excluding diaryl/α,β-unsaturated/α-hetero) is 1. The van der Waals surface area contributed by atoms with E-state index in [-0.39, 0.29) is 5.09 Å². The number of esters is 2. The number of furan rings is 1. The predicted octanol–water partition coefficient (Wildman–Crippen LogP) is 2.32. The van der Waals surface area contributed by atoms with Crippen molar-refractivity contribution in [2.24, 2.45) is 0 Å². The summed E-state index contributed by atoms with van der Waals surface area (Å²) in [5.74, 6) is -6.13. The van der Waals surface area contributed by atoms with E-state index in [1.54, 1.807) is 0 Å². The highest BCUT2D eigenvalue weighted by Crippen LogP contribution is 2.34. The van der Waals surface area contributed by atoms with Gasteiger partial charge in [0.15, 0.2) is 10.9 Å². The van der Waals surface area contributed by atoms with E-state index in [2.05, 4.69) is 9.47 Å². The van der Waals surface area contributed by atoms with Crippen LogP contribution >= 0.6 is 11.8 Å². The molecule has 0 aliphatic rings. The third-order valence-electron chi connectivity index (χ3n) is 2.30. The first-order valence-electron chi connectivity index (χ1n) is 5.17. The maximum absolute atomic E-state index is 12.5. The number of hydrogen-bond acceptors (Lipinski definition) is 7. The van der Waals surface area contributed by atoms with Crippen molar-refractivity contribution in [1.82, 2.24) is 0 Å². The van der Waals surface area contributed by atoms with Gasteiger partial charge in [-0.25, -0.2) is 9.59 Å². The lowest BCUT2D eigenvalue weighted by molar-refractivity contribution is -0.0901. The fourth-order valence-corrected chi connectivity index (χ4v) is 1.98. The van der Waals surface area contributed by atoms with Gasteiger partial charge in [0.1, 0.15) is 11.1 Å². The lowest BCUT2D eigenvalue weighted by Crippen LogP contribution is -2.25. The first-order valence-corrected chi connectivity index (χ1v) is 6.40. The molecule has 21 heavy (non-hydrogen) atoms. The Hall–Kier alpha value is -1.97. The molecular weight excluding hydrogens is 317 g/mol. The topological polar surface area (TPSA) is 82.8 Å². The highest BCUT2D eigenvalue weighted by molar-refractivity contribution is 7.98. The van der Waals surface area contributed by atoms with Crippen LogP contribution in [0.15, 0.2) is 9.51 Å². The molecule has 0 unspecified atom stereocenters. The van der Waals surface area contributed by atoms with Gasteiger partial charge in [-0.3, -0.25) is 4.79 Å². The van der Waals surface area contributed by atoms with E-state index in [9.17, 15) is 27.6 Å². The van der Waals surface area contributed by atoms with E-state index in [1.165, 1.54) is 6.26 Å². The Labute approximate surface area is 120 Å². The average molecular weight is 326 g/mol. The molecule has 1 rings (SSSR count). The Balaban J connectivity index is 3.66. The van der Waals surface area contributed by atoms with E-state index in [0.29, 0.717) is 0 Å². The SMILES string of the molecule is COC(=O)c1c(SC)oc(C(=O)C(F)(F)F)c1C(=O)OC. The molecule has 0 amide bonds. The first-order chi connectivity index (χ1) is 9.68. The molecule has 0 bridgehead atoms. The highest BCUT2D eigenvalue weighted by atomic mass is 32.2. The van der Waals surface area contributed by atoms with E-state index in [1.807, 2.05) is 0 Å². The largest absolute Gasteiger partial charge is 0.465 e. The third kappa shape index (κ3) is 3.20. The van der Waals surface area contributed by atoms with E-state index in [4.69, 9.17) is 4.42 Å². The molecule has 0 aliphatic carbocycles. The number of carbonyl (C=O) groups excluding carboxylic acids is 3. The molecule has 116 valence electrons. The van der Waals surface area contributed by atoms with Crippen molar-refractivity contribution in [3.8, 4) is 0 Å². The van der Waals surface area contributed by atoms with Gasteiger partial charge in [0.25, 0.3) is 0 Å². The molecule has 0 fully saturated rings. The molecule has 0 aromatic carbocycles. The van der Waals surface area contributed by atoms with Crippen molar-refractivity contribution in [3.63, 3.8) is 0 Å². The summed E-state index contributed by atoms with van der Waals surface area (Å²) < 4.78 is 51.0. The number of alkyl halides is 3. The third-order valence-corrected chi connectivity index (χ3v) is 2.96. The Kier molecular flexibility index (Phi) is 5.05. The second-order valence-electron chi connectivity index (χ2n) is 3.48. The minimum atomic E-state index is -5.27. The van der Waals surface area contributed by atoms with E-state index in [0.717, 1.165) is 26.0 Å². The van der Waals surface area contributed by atoms with Crippen molar-refractivity contribution in [2.45, 2.75) is 11.3 Å². The molecule has 1 heterocycles. The molecule has 6 nitrogen and oxygen atoms in total. The fraction of sp³-hybridized carbons (Fsp3) is 0.364. The van der Waals surface area contributed by atoms with Gasteiger partial charge < -0.3 is 13.9 Å². The maximum Gasteiger partial charge on any atom is 0.458 e. The molecular formula is C11H9F3O6S. The van der Waals surface area contributed by atoms with Gasteiger partial charge in [0.2, 0.25) is 0 Å². The number of hydrogen-bond donors (Lipinski definition) is 0. The van der Waals surface area contributed by atoms with Crippen LogP contribution < -0.4 is 0 Å². The second-order valence-corrected chi connectivity index (χ2v) is 4.26. The lowest BCUT2D eigenvalue weighted by Gasteiger charge is -2.04. The fourth-order valence-electron chi connectivity index (χ4n) is 1.43. The Bertz CT molecular complexity index is 590. The van der Waals surface area contributed by atoms with E-state index < -0.39 is 40.8 Å². The van der Waals surface area contributed by atoms with Crippen molar-refractivity contribution >= 4 is 29.5 Å². The Morgan fingerprint density at radius 3 is 1.90 bits per heavy atom. The molecule has 0 N–H and O–H groups in total. The van der Waals surface area contributed by atoms with Crippen LogP contribution in [0.4, 0.5) is 13.2 Å². The zero-order valence-corrected chi connectivity index (χ0v) is 11.8. The predicted molar refractivity (Wildman–Crippen MR) is 63.6 cm³/mol. The van der Waals surface area contributed by atoms with Crippen molar-refractivity contribution in [1.29, 1.82) is 0 Å². The van der Waals surface area contributed by atoms with Crippen LogP contribution in [0.5, 0.6) is 0 Å². The smallest absolute Gasteiger partial charge is 0.458 e. The molecule has 1 aromatic heterocycles. The minimum absolute atomic E-state index is 0.352. The van der Waals surface area contributed by atoms with Crippen LogP contribution in [0.3, 0.4) is 0 Å². The maximum atomic E-state index is 12.5. The standard InChI is InChI=1S/C11H9F3O6S/c1-18-8(16)4-5(9(17)19-2)10(21-3)20-6(4)7(15)11(12,13)14/h1-3H3. The monoisotopic (exact) mass is 326 g/mol. The minimum Gasteiger partial charge on any atom is -0.465 e. The number of methoxy groups -OCH3 is 2. The summed E-state index contributed by atoms with van der Waals surface area (Å²) in [6.45, 7) is 0. The van der Waals surface area contributed by atoms with Crippen molar-refractivity contribution in [2.75, 3.05) is 20.5 Å². The summed E-state index contributed by atoms with van der Waals surface area (Å²) in [6.07, 6.45) is -3.89. The van der Waals surface area contributed by atoms with Crippen LogP contribution in [0.25, 0.3) is 0 Å². The van der Waals surface area contributed by atoms with Gasteiger partial charge in [-0.05, 0) is 6.26 Å². The number of ether oxygens (including phenoxy) is 2. The van der Waals surface area contributed by atoms with Crippen LogP contribution in [-0.2, 0) is 9.47 Å². The zero-order chi connectivity index (χ0) is 16.4. The van der Waals surface area contributed by atoms with Crippen LogP contribution in [0.2, 0.25) is 0 Å². The normalized spacial score (nSPS) is 11.1. The quantitative estimate of drug-likeness (QED) is 0.477. The highest BCUT2D eigenvalue weighted by Gasteiger charge is 2.46. The molecule has 0 saturated heterocycles. The Morgan fingerprint density at radius 2 is 1.52 bits per heavy atom. The van der Waals surface area contributed by atoms with Gasteiger partial charge in [-0.1, -0.05) is 11.8 Å². The summed E-state index contributed by atoms with van der Waals surface area (Å²) in [6, 6.07) is 0.